The number of esters is 1. The lowest BCUT2D eigenvalue weighted by molar-refractivity contribution is -0.300. The number of methoxy groups -OCH3 is 4. The van der Waals surface area contributed by atoms with Crippen LogP contribution < -0.4 is 0 Å². The van der Waals surface area contributed by atoms with Crippen LogP contribution in [0.1, 0.15) is 107 Å². The minimum absolute atomic E-state index is 0.00377. The molecule has 0 amide bonds. The Labute approximate surface area is 394 Å². The van der Waals surface area contributed by atoms with Crippen molar-refractivity contribution >= 4 is 5.97 Å². The van der Waals surface area contributed by atoms with Gasteiger partial charge in [0.1, 0.15) is 25.1 Å². The summed E-state index contributed by atoms with van der Waals surface area (Å²) < 4.78 is 71.8. The zero-order chi connectivity index (χ0) is 47.7. The van der Waals surface area contributed by atoms with Crippen molar-refractivity contribution in [1.29, 1.82) is 0 Å². The summed E-state index contributed by atoms with van der Waals surface area (Å²) in [7, 11) is 6.63. The molecule has 0 aromatic heterocycles. The third kappa shape index (κ3) is 13.1. The van der Waals surface area contributed by atoms with Crippen LogP contribution >= 0.6 is 0 Å². The van der Waals surface area contributed by atoms with E-state index in [0.717, 1.165) is 36.0 Å². The van der Waals surface area contributed by atoms with Crippen LogP contribution in [0, 0.1) is 29.6 Å². The molecule has 2 bridgehead atoms. The number of allylic oxidation sites excluding steroid dienone is 2. The Kier molecular flexibility index (Phi) is 19.7. The van der Waals surface area contributed by atoms with E-state index in [2.05, 4.69) is 65.8 Å². The standard InChI is InChI=1S/C42H62O9.C10H20O5/c1-9-11-24(2)39-27(5)16-17-42(51-39)22-33-20-31(50-42)15-14-26(4)38(49-35-21-32(45-8)19-29(7)47-35)25(3)12-10-13-30-23-46-40-36(30)34(41(44)48-33)18-28(6)37(40)43;1-7-10(14-6-11-2)8(12-3)5-9(13-4)15-7/h10,12-14,16-18,24-25,27,29,31-40,43H,9,11,15,19-23H2,1-8H3;7-10H,5-6H2,1-4H3/b12-10+,26-14+,30-13+;/t24?,25-,27-,29?,31?,32?,33?,34+,35-,36?,37?,38-,39?,40?,42?;7?,8?,9-,10?/m01/s1. The average Bonchev–Trinajstić information content (AvgIpc) is 3.72. The van der Waals surface area contributed by atoms with Crippen LogP contribution in [0.5, 0.6) is 0 Å². The summed E-state index contributed by atoms with van der Waals surface area (Å²) in [5.41, 5.74) is 2.79. The summed E-state index contributed by atoms with van der Waals surface area (Å²) in [5, 5.41) is 11.1. The van der Waals surface area contributed by atoms with Crippen LogP contribution in [-0.4, -0.2) is 138 Å². The molecule has 19 atom stereocenters. The first-order valence-electron chi connectivity index (χ1n) is 24.5. The fourth-order valence-electron chi connectivity index (χ4n) is 11.0. The number of hydrogen-bond acceptors (Lipinski definition) is 14. The first-order chi connectivity index (χ1) is 31.6. The minimum Gasteiger partial charge on any atom is -0.462 e. The Morgan fingerprint density at radius 2 is 1.68 bits per heavy atom. The maximum absolute atomic E-state index is 14.2. The molecule has 0 radical (unpaired) electrons. The fraction of sp³-hybridized carbons (Fsp3) is 0.788. The van der Waals surface area contributed by atoms with Crippen LogP contribution in [0.3, 0.4) is 0 Å². The van der Waals surface area contributed by atoms with Crippen LogP contribution in [0.15, 0.2) is 59.3 Å². The lowest BCUT2D eigenvalue weighted by Gasteiger charge is -2.48. The smallest absolute Gasteiger partial charge is 0.313 e. The molecule has 6 heterocycles. The molecule has 0 saturated carbocycles. The second-order valence-electron chi connectivity index (χ2n) is 19.8. The van der Waals surface area contributed by atoms with Gasteiger partial charge in [-0.25, -0.2) is 0 Å². The Morgan fingerprint density at radius 1 is 0.894 bits per heavy atom. The molecule has 0 aromatic rings. The summed E-state index contributed by atoms with van der Waals surface area (Å²) >= 11 is 0. The molecule has 1 N–H and O–H groups in total. The molecular weight excluding hydrogens is 849 g/mol. The minimum atomic E-state index is -0.994. The zero-order valence-electron chi connectivity index (χ0n) is 41.8. The predicted molar refractivity (Wildman–Crippen MR) is 248 cm³/mol. The maximum atomic E-state index is 14.2. The summed E-state index contributed by atoms with van der Waals surface area (Å²) in [6.07, 6.45) is 17.6. The van der Waals surface area contributed by atoms with Gasteiger partial charge in [-0.3, -0.25) is 4.79 Å². The van der Waals surface area contributed by atoms with Crippen molar-refractivity contribution in [3.63, 3.8) is 0 Å². The Hall–Kier alpha value is -2.31. The van der Waals surface area contributed by atoms with Crippen molar-refractivity contribution in [3.8, 4) is 0 Å². The van der Waals surface area contributed by atoms with E-state index in [1.165, 1.54) is 0 Å². The third-order valence-electron chi connectivity index (χ3n) is 14.6. The van der Waals surface area contributed by atoms with Gasteiger partial charge in [-0.15, -0.1) is 0 Å². The Bertz CT molecular complexity index is 1710. The number of rotatable bonds is 11. The molecular formula is C52H82O14. The van der Waals surface area contributed by atoms with Crippen molar-refractivity contribution in [2.24, 2.45) is 29.6 Å². The maximum Gasteiger partial charge on any atom is 0.313 e. The molecule has 14 nitrogen and oxygen atoms in total. The van der Waals surface area contributed by atoms with E-state index in [4.69, 9.17) is 56.8 Å². The second kappa shape index (κ2) is 24.5. The van der Waals surface area contributed by atoms with Gasteiger partial charge in [-0.1, -0.05) is 70.6 Å². The normalized spacial score (nSPS) is 44.3. The molecule has 374 valence electrons. The van der Waals surface area contributed by atoms with Gasteiger partial charge in [0.25, 0.3) is 0 Å². The second-order valence-corrected chi connectivity index (χ2v) is 19.8. The highest BCUT2D eigenvalue weighted by atomic mass is 16.7. The molecule has 14 heteroatoms. The molecule has 6 aliphatic heterocycles. The molecule has 1 spiro atoms. The molecule has 0 aromatic carbocycles. The quantitative estimate of drug-likeness (QED) is 0.122. The SMILES string of the molecule is CCCC(C)C1OC2(C=C[C@@H]1C)CC1CC(C/C=C(\C)[C@@H](O[C@H]3CC(OC)CC(C)O3)[C@@H](C)/C=C/C=C3\COC4C(O)C(C)=C[C@@H](C(=O)O1)C34)O2.COCOC1C(C)O[C@@H](OC)CC1OC. The summed E-state index contributed by atoms with van der Waals surface area (Å²) in [6.45, 7) is 17.4. The zero-order valence-corrected chi connectivity index (χ0v) is 41.8. The molecule has 4 fully saturated rings. The lowest BCUT2D eigenvalue weighted by Crippen LogP contribution is -2.53. The van der Waals surface area contributed by atoms with E-state index < -0.39 is 36.3 Å². The highest BCUT2D eigenvalue weighted by Gasteiger charge is 2.51. The summed E-state index contributed by atoms with van der Waals surface area (Å²) in [6, 6.07) is 0. The number of hydrogen-bond donors (Lipinski definition) is 1. The van der Waals surface area contributed by atoms with Crippen molar-refractivity contribution in [2.45, 2.75) is 192 Å². The third-order valence-corrected chi connectivity index (χ3v) is 14.6. The van der Waals surface area contributed by atoms with Crippen LogP contribution in [0.2, 0.25) is 0 Å². The number of aliphatic hydroxyl groups excluding tert-OH is 1. The van der Waals surface area contributed by atoms with Gasteiger partial charge in [0.05, 0.1) is 61.4 Å². The van der Waals surface area contributed by atoms with E-state index in [1.54, 1.807) is 28.4 Å². The number of carbonyl (C=O) groups is 1. The van der Waals surface area contributed by atoms with Crippen LogP contribution in [0.4, 0.5) is 0 Å². The number of carbonyl (C=O) groups excluding carboxylic acids is 1. The first-order valence-corrected chi connectivity index (χ1v) is 24.5. The van der Waals surface area contributed by atoms with Gasteiger partial charge in [0.2, 0.25) is 0 Å². The van der Waals surface area contributed by atoms with Crippen molar-refractivity contribution < 1.29 is 66.7 Å². The number of fused-ring (bicyclic) bond motifs is 2. The van der Waals surface area contributed by atoms with Crippen LogP contribution in [-0.2, 0) is 61.6 Å². The molecule has 4 saturated heterocycles. The first kappa shape index (κ1) is 53.0. The van der Waals surface area contributed by atoms with Crippen molar-refractivity contribution in [1.82, 2.24) is 0 Å². The summed E-state index contributed by atoms with van der Waals surface area (Å²) in [5.74, 6) is -1.58. The van der Waals surface area contributed by atoms with E-state index in [-0.39, 0.29) is 85.6 Å². The Balaban J connectivity index is 0.000000408. The lowest BCUT2D eigenvalue weighted by atomic mass is 9.75. The molecule has 66 heavy (non-hydrogen) atoms. The van der Waals surface area contributed by atoms with Gasteiger partial charge < -0.3 is 61.9 Å². The fourth-order valence-corrected chi connectivity index (χ4v) is 11.0. The van der Waals surface area contributed by atoms with Gasteiger partial charge >= 0.3 is 5.97 Å². The van der Waals surface area contributed by atoms with Gasteiger partial charge in [0.15, 0.2) is 18.4 Å². The average molecular weight is 931 g/mol. The van der Waals surface area contributed by atoms with E-state index >= 15 is 0 Å². The topological polar surface area (TPSA) is 148 Å². The molecule has 7 rings (SSSR count). The van der Waals surface area contributed by atoms with E-state index in [1.807, 2.05) is 32.1 Å². The van der Waals surface area contributed by atoms with Crippen LogP contribution in [0.25, 0.3) is 0 Å². The van der Waals surface area contributed by atoms with E-state index in [0.29, 0.717) is 44.6 Å². The number of aliphatic hydroxyl groups is 1. The Morgan fingerprint density at radius 3 is 2.39 bits per heavy atom. The van der Waals surface area contributed by atoms with Gasteiger partial charge in [-0.2, -0.15) is 0 Å². The van der Waals surface area contributed by atoms with Gasteiger partial charge in [-0.05, 0) is 75.7 Å². The number of ether oxygens (including phenoxy) is 12. The van der Waals surface area contributed by atoms with E-state index in [9.17, 15) is 9.90 Å². The highest BCUT2D eigenvalue weighted by molar-refractivity contribution is 5.76. The van der Waals surface area contributed by atoms with Crippen molar-refractivity contribution in [3.05, 3.63) is 59.3 Å². The molecule has 1 aliphatic carbocycles. The van der Waals surface area contributed by atoms with Gasteiger partial charge in [0, 0.05) is 71.9 Å². The largest absolute Gasteiger partial charge is 0.462 e. The monoisotopic (exact) mass is 931 g/mol. The van der Waals surface area contributed by atoms with Crippen molar-refractivity contribution in [2.75, 3.05) is 41.8 Å². The predicted octanol–water partition coefficient (Wildman–Crippen LogP) is 7.92. The molecule has 13 unspecified atom stereocenters. The summed E-state index contributed by atoms with van der Waals surface area (Å²) in [4.78, 5) is 14.2. The molecule has 7 aliphatic rings. The highest BCUT2D eigenvalue weighted by Crippen LogP contribution is 2.45.